The molecule has 3 amide bonds. The summed E-state index contributed by atoms with van der Waals surface area (Å²) in [6.45, 7) is 12.7. The number of carbonyl (C=O) groups is 3. The van der Waals surface area contributed by atoms with Gasteiger partial charge in [0.15, 0.2) is 5.78 Å². The molecule has 1 aromatic carbocycles. The zero-order chi connectivity index (χ0) is 23.0. The Balaban J connectivity index is 1.26. The summed E-state index contributed by atoms with van der Waals surface area (Å²) in [5.41, 5.74) is 1.36. The van der Waals surface area contributed by atoms with Crippen LogP contribution in [-0.4, -0.2) is 90.6 Å². The molecule has 3 fully saturated rings. The Morgan fingerprint density at radius 2 is 1.34 bits per heavy atom. The van der Waals surface area contributed by atoms with Gasteiger partial charge in [-0.2, -0.15) is 0 Å². The number of rotatable bonds is 2. The van der Waals surface area contributed by atoms with Crippen molar-refractivity contribution in [3.63, 3.8) is 0 Å². The summed E-state index contributed by atoms with van der Waals surface area (Å²) >= 11 is 0. The van der Waals surface area contributed by atoms with Crippen LogP contribution in [0.4, 0.5) is 15.3 Å². The van der Waals surface area contributed by atoms with E-state index in [1.165, 1.54) is 0 Å². The fraction of sp³-hybridized carbons (Fsp3) is 0.625. The molecule has 174 valence electrons. The summed E-state index contributed by atoms with van der Waals surface area (Å²) in [5.74, 6) is 1.01. The maximum Gasteiger partial charge on any atom is 0.410 e. The number of hydrogen-bond acceptors (Lipinski definition) is 5. The van der Waals surface area contributed by atoms with Gasteiger partial charge in [-0.05, 0) is 52.0 Å². The lowest BCUT2D eigenvalue weighted by atomic mass is 10.0. The molecule has 4 rings (SSSR count). The van der Waals surface area contributed by atoms with Crippen LogP contribution in [0.3, 0.4) is 0 Å². The van der Waals surface area contributed by atoms with Crippen molar-refractivity contribution in [3.05, 3.63) is 29.8 Å². The van der Waals surface area contributed by atoms with Crippen molar-refractivity contribution in [3.8, 4) is 0 Å². The van der Waals surface area contributed by atoms with Crippen molar-refractivity contribution in [2.24, 2.45) is 11.8 Å². The Morgan fingerprint density at radius 1 is 0.812 bits per heavy atom. The highest BCUT2D eigenvalue weighted by Crippen LogP contribution is 2.34. The average Bonchev–Trinajstić information content (AvgIpc) is 3.31. The van der Waals surface area contributed by atoms with Crippen molar-refractivity contribution in [2.75, 3.05) is 57.3 Å². The first-order chi connectivity index (χ1) is 15.1. The Morgan fingerprint density at radius 3 is 1.84 bits per heavy atom. The highest BCUT2D eigenvalue weighted by Gasteiger charge is 2.43. The van der Waals surface area contributed by atoms with E-state index >= 15 is 0 Å². The van der Waals surface area contributed by atoms with Gasteiger partial charge < -0.3 is 24.3 Å². The second-order valence-corrected chi connectivity index (χ2v) is 10.2. The fourth-order valence-electron chi connectivity index (χ4n) is 4.87. The largest absolute Gasteiger partial charge is 0.444 e. The number of ketones is 1. The number of hydrogen-bond donors (Lipinski definition) is 0. The maximum atomic E-state index is 13.1. The van der Waals surface area contributed by atoms with Crippen LogP contribution >= 0.6 is 0 Å². The lowest BCUT2D eigenvalue weighted by Crippen LogP contribution is -2.54. The molecule has 1 aromatic rings. The van der Waals surface area contributed by atoms with Gasteiger partial charge in [-0.25, -0.2) is 9.59 Å². The third-order valence-corrected chi connectivity index (χ3v) is 6.60. The van der Waals surface area contributed by atoms with Gasteiger partial charge in [0, 0.05) is 75.4 Å². The summed E-state index contributed by atoms with van der Waals surface area (Å²) in [4.78, 5) is 44.7. The Labute approximate surface area is 190 Å². The molecule has 3 heterocycles. The number of anilines is 1. The number of likely N-dealkylation sites (tertiary alicyclic amines) is 1. The van der Waals surface area contributed by atoms with E-state index in [-0.39, 0.29) is 17.9 Å². The average molecular weight is 443 g/mol. The topological polar surface area (TPSA) is 73.4 Å². The monoisotopic (exact) mass is 442 g/mol. The minimum atomic E-state index is -0.513. The van der Waals surface area contributed by atoms with E-state index in [9.17, 15) is 14.4 Å². The Bertz CT molecular complexity index is 857. The van der Waals surface area contributed by atoms with Crippen molar-refractivity contribution in [1.29, 1.82) is 0 Å². The molecular weight excluding hydrogens is 408 g/mol. The van der Waals surface area contributed by atoms with E-state index in [4.69, 9.17) is 4.74 Å². The SMILES string of the molecule is CC(=O)c1ccc(N2CC3CN(C(=O)N4CCN(C(=O)OC(C)(C)C)CC4)CC3C2)cc1. The molecule has 32 heavy (non-hydrogen) atoms. The Hall–Kier alpha value is -2.77. The number of benzene rings is 1. The number of carbonyl (C=O) groups excluding carboxylic acids is 3. The van der Waals surface area contributed by atoms with Gasteiger partial charge in [-0.15, -0.1) is 0 Å². The first-order valence-corrected chi connectivity index (χ1v) is 11.5. The molecule has 2 atom stereocenters. The van der Waals surface area contributed by atoms with Gasteiger partial charge in [0.25, 0.3) is 0 Å². The van der Waals surface area contributed by atoms with Crippen LogP contribution in [0, 0.1) is 11.8 Å². The molecular formula is C24H34N4O4. The minimum absolute atomic E-state index is 0.0796. The molecule has 0 spiro atoms. The summed E-state index contributed by atoms with van der Waals surface area (Å²) in [5, 5.41) is 0. The number of Topliss-reactive ketones (excluding diaryl/α,β-unsaturated/α-hetero) is 1. The molecule has 3 saturated heterocycles. The third kappa shape index (κ3) is 4.84. The molecule has 3 aliphatic rings. The van der Waals surface area contributed by atoms with Gasteiger partial charge in [0.2, 0.25) is 0 Å². The van der Waals surface area contributed by atoms with Gasteiger partial charge in [0.05, 0.1) is 0 Å². The predicted octanol–water partition coefficient (Wildman–Crippen LogP) is 2.93. The van der Waals surface area contributed by atoms with Crippen molar-refractivity contribution in [1.82, 2.24) is 14.7 Å². The molecule has 0 aliphatic carbocycles. The molecule has 0 radical (unpaired) electrons. The summed E-state index contributed by atoms with van der Waals surface area (Å²) in [7, 11) is 0. The normalized spacial score (nSPS) is 23.4. The van der Waals surface area contributed by atoms with E-state index in [1.807, 2.05) is 54.8 Å². The molecule has 0 aromatic heterocycles. The Kier molecular flexibility index (Phi) is 6.05. The number of urea groups is 1. The third-order valence-electron chi connectivity index (χ3n) is 6.60. The first-order valence-electron chi connectivity index (χ1n) is 11.5. The smallest absolute Gasteiger partial charge is 0.410 e. The zero-order valence-electron chi connectivity index (χ0n) is 19.5. The maximum absolute atomic E-state index is 13.1. The highest BCUT2D eigenvalue weighted by atomic mass is 16.6. The molecule has 0 N–H and O–H groups in total. The molecule has 8 nitrogen and oxygen atoms in total. The lowest BCUT2D eigenvalue weighted by molar-refractivity contribution is 0.0159. The van der Waals surface area contributed by atoms with Crippen LogP contribution in [0.5, 0.6) is 0 Å². The molecule has 2 unspecified atom stereocenters. The summed E-state index contributed by atoms with van der Waals surface area (Å²) in [6, 6.07) is 7.90. The van der Waals surface area contributed by atoms with Crippen LogP contribution in [0.25, 0.3) is 0 Å². The molecule has 8 heteroatoms. The van der Waals surface area contributed by atoms with Crippen LogP contribution in [-0.2, 0) is 4.74 Å². The van der Waals surface area contributed by atoms with E-state index in [0.29, 0.717) is 38.0 Å². The number of piperazine rings is 1. The van der Waals surface area contributed by atoms with Gasteiger partial charge >= 0.3 is 12.1 Å². The van der Waals surface area contributed by atoms with Crippen LogP contribution < -0.4 is 4.90 Å². The lowest BCUT2D eigenvalue weighted by Gasteiger charge is -2.37. The zero-order valence-corrected chi connectivity index (χ0v) is 19.5. The van der Waals surface area contributed by atoms with Crippen LogP contribution in [0.15, 0.2) is 24.3 Å². The van der Waals surface area contributed by atoms with Crippen LogP contribution in [0.2, 0.25) is 0 Å². The van der Waals surface area contributed by atoms with Crippen LogP contribution in [0.1, 0.15) is 38.1 Å². The minimum Gasteiger partial charge on any atom is -0.444 e. The van der Waals surface area contributed by atoms with E-state index in [1.54, 1.807) is 11.8 Å². The number of nitrogens with zero attached hydrogens (tertiary/aromatic N) is 4. The van der Waals surface area contributed by atoms with Gasteiger partial charge in [0.1, 0.15) is 5.60 Å². The molecule has 3 aliphatic heterocycles. The summed E-state index contributed by atoms with van der Waals surface area (Å²) in [6.07, 6.45) is -0.309. The fourth-order valence-corrected chi connectivity index (χ4v) is 4.87. The number of ether oxygens (including phenoxy) is 1. The standard InChI is InChI=1S/C24H34N4O4/c1-17(29)18-5-7-21(8-6-18)27-13-19-15-28(16-20(19)14-27)22(30)25-9-11-26(12-10-25)23(31)32-24(2,3)4/h5-8,19-20H,9-16H2,1-4H3. The van der Waals surface area contributed by atoms with E-state index in [2.05, 4.69) is 4.90 Å². The second-order valence-electron chi connectivity index (χ2n) is 10.2. The molecule has 0 saturated carbocycles. The molecule has 0 bridgehead atoms. The van der Waals surface area contributed by atoms with E-state index in [0.717, 1.165) is 37.4 Å². The number of amides is 3. The quantitative estimate of drug-likeness (QED) is 0.659. The van der Waals surface area contributed by atoms with Gasteiger partial charge in [-0.1, -0.05) is 0 Å². The van der Waals surface area contributed by atoms with Crippen molar-refractivity contribution in [2.45, 2.75) is 33.3 Å². The van der Waals surface area contributed by atoms with Crippen molar-refractivity contribution < 1.29 is 19.1 Å². The second kappa shape index (κ2) is 8.64. The van der Waals surface area contributed by atoms with E-state index < -0.39 is 5.60 Å². The van der Waals surface area contributed by atoms with Gasteiger partial charge in [-0.3, -0.25) is 4.79 Å². The summed E-state index contributed by atoms with van der Waals surface area (Å²) < 4.78 is 5.44. The number of fused-ring (bicyclic) bond motifs is 1. The predicted molar refractivity (Wildman–Crippen MR) is 122 cm³/mol. The highest BCUT2D eigenvalue weighted by molar-refractivity contribution is 5.94. The van der Waals surface area contributed by atoms with Crippen molar-refractivity contribution >= 4 is 23.6 Å². The first kappa shape index (κ1) is 22.4.